The van der Waals surface area contributed by atoms with Crippen LogP contribution in [0.1, 0.15) is 11.4 Å². The van der Waals surface area contributed by atoms with Crippen molar-refractivity contribution in [2.24, 2.45) is 7.05 Å². The molecule has 2 N–H and O–H groups in total. The number of nitrogens with two attached hydrogens (primary N) is 1. The summed E-state index contributed by atoms with van der Waals surface area (Å²) in [5.41, 5.74) is 7.63. The highest BCUT2D eigenvalue weighted by Crippen LogP contribution is 2.07. The molecule has 2 rings (SSSR count). The first kappa shape index (κ1) is 8.80. The lowest BCUT2D eigenvalue weighted by molar-refractivity contribution is 0.710. The van der Waals surface area contributed by atoms with Gasteiger partial charge in [0.05, 0.1) is 17.9 Å². The second-order valence-corrected chi connectivity index (χ2v) is 3.35. The van der Waals surface area contributed by atoms with Crippen molar-refractivity contribution < 1.29 is 0 Å². The molecular formula is C9H13N5. The molecule has 5 heteroatoms. The van der Waals surface area contributed by atoms with E-state index in [2.05, 4.69) is 10.1 Å². The molecule has 74 valence electrons. The van der Waals surface area contributed by atoms with Crippen LogP contribution in [0.25, 0.3) is 0 Å². The van der Waals surface area contributed by atoms with Gasteiger partial charge in [-0.3, -0.25) is 4.68 Å². The van der Waals surface area contributed by atoms with Crippen LogP contribution in [-0.4, -0.2) is 19.3 Å². The standard InChI is InChI=1S/C9H13N5/c1-7-5-14(9(10)11-7)6-8-3-4-13(2)12-8/h3-5H,6H2,1-2H3,(H2,10,11). The summed E-state index contributed by atoms with van der Waals surface area (Å²) in [5.74, 6) is 0.535. The van der Waals surface area contributed by atoms with Crippen molar-refractivity contribution in [2.45, 2.75) is 13.5 Å². The number of aryl methyl sites for hydroxylation is 2. The molecule has 0 saturated heterocycles. The maximum Gasteiger partial charge on any atom is 0.200 e. The molecule has 0 bridgehead atoms. The summed E-state index contributed by atoms with van der Waals surface area (Å²) >= 11 is 0. The second-order valence-electron chi connectivity index (χ2n) is 3.35. The molecule has 0 saturated carbocycles. The van der Waals surface area contributed by atoms with Gasteiger partial charge in [0, 0.05) is 19.4 Å². The fourth-order valence-corrected chi connectivity index (χ4v) is 1.41. The van der Waals surface area contributed by atoms with Crippen molar-refractivity contribution in [1.82, 2.24) is 19.3 Å². The van der Waals surface area contributed by atoms with Crippen molar-refractivity contribution in [1.29, 1.82) is 0 Å². The van der Waals surface area contributed by atoms with E-state index in [1.165, 1.54) is 0 Å². The fraction of sp³-hybridized carbons (Fsp3) is 0.333. The quantitative estimate of drug-likeness (QED) is 0.754. The van der Waals surface area contributed by atoms with Gasteiger partial charge >= 0.3 is 0 Å². The normalized spacial score (nSPS) is 10.7. The number of nitrogen functional groups attached to an aromatic ring is 1. The van der Waals surface area contributed by atoms with E-state index >= 15 is 0 Å². The molecule has 0 aliphatic carbocycles. The number of aromatic nitrogens is 4. The van der Waals surface area contributed by atoms with Crippen LogP contribution in [0.4, 0.5) is 5.95 Å². The minimum Gasteiger partial charge on any atom is -0.369 e. The monoisotopic (exact) mass is 191 g/mol. The molecule has 14 heavy (non-hydrogen) atoms. The summed E-state index contributed by atoms with van der Waals surface area (Å²) in [4.78, 5) is 4.12. The van der Waals surface area contributed by atoms with E-state index in [-0.39, 0.29) is 0 Å². The molecule has 0 aliphatic heterocycles. The van der Waals surface area contributed by atoms with Crippen LogP contribution in [0.15, 0.2) is 18.5 Å². The summed E-state index contributed by atoms with van der Waals surface area (Å²) < 4.78 is 3.66. The van der Waals surface area contributed by atoms with Crippen molar-refractivity contribution in [3.8, 4) is 0 Å². The third-order valence-corrected chi connectivity index (χ3v) is 2.03. The molecule has 0 atom stereocenters. The first-order valence-electron chi connectivity index (χ1n) is 4.43. The van der Waals surface area contributed by atoms with Gasteiger partial charge in [-0.25, -0.2) is 4.98 Å². The van der Waals surface area contributed by atoms with E-state index in [0.717, 1.165) is 11.4 Å². The summed E-state index contributed by atoms with van der Waals surface area (Å²) in [5, 5.41) is 4.27. The third kappa shape index (κ3) is 1.61. The van der Waals surface area contributed by atoms with E-state index in [1.807, 2.05) is 37.0 Å². The zero-order valence-corrected chi connectivity index (χ0v) is 8.31. The SMILES string of the molecule is Cc1cn(Cc2ccn(C)n2)c(N)n1. The Labute approximate surface area is 82.2 Å². The average Bonchev–Trinajstić information content (AvgIpc) is 2.61. The highest BCUT2D eigenvalue weighted by molar-refractivity contribution is 5.22. The van der Waals surface area contributed by atoms with Gasteiger partial charge in [0.25, 0.3) is 0 Å². The zero-order valence-electron chi connectivity index (χ0n) is 8.31. The number of rotatable bonds is 2. The second kappa shape index (κ2) is 3.17. The Morgan fingerprint density at radius 3 is 2.79 bits per heavy atom. The minimum absolute atomic E-state index is 0.535. The maximum absolute atomic E-state index is 5.71. The topological polar surface area (TPSA) is 61.7 Å². The molecule has 2 heterocycles. The van der Waals surface area contributed by atoms with Crippen molar-refractivity contribution in [2.75, 3.05) is 5.73 Å². The highest BCUT2D eigenvalue weighted by Gasteiger charge is 2.03. The van der Waals surface area contributed by atoms with Gasteiger partial charge in [-0.2, -0.15) is 5.10 Å². The van der Waals surface area contributed by atoms with Gasteiger partial charge in [-0.1, -0.05) is 0 Å². The third-order valence-electron chi connectivity index (χ3n) is 2.03. The van der Waals surface area contributed by atoms with Gasteiger partial charge in [-0.05, 0) is 13.0 Å². The smallest absolute Gasteiger partial charge is 0.200 e. The molecule has 2 aromatic rings. The molecule has 0 unspecified atom stereocenters. The zero-order chi connectivity index (χ0) is 10.1. The van der Waals surface area contributed by atoms with Crippen LogP contribution >= 0.6 is 0 Å². The lowest BCUT2D eigenvalue weighted by atomic mass is 10.4. The Hall–Kier alpha value is -1.78. The van der Waals surface area contributed by atoms with Crippen LogP contribution in [0.3, 0.4) is 0 Å². The lowest BCUT2D eigenvalue weighted by Crippen LogP contribution is -2.04. The molecule has 0 spiro atoms. The van der Waals surface area contributed by atoms with Gasteiger partial charge < -0.3 is 10.3 Å². The summed E-state index contributed by atoms with van der Waals surface area (Å²) in [6.45, 7) is 2.60. The van der Waals surface area contributed by atoms with Crippen LogP contribution in [-0.2, 0) is 13.6 Å². The van der Waals surface area contributed by atoms with Crippen molar-refractivity contribution >= 4 is 5.95 Å². The van der Waals surface area contributed by atoms with Crippen molar-refractivity contribution in [3.63, 3.8) is 0 Å². The van der Waals surface area contributed by atoms with Gasteiger partial charge in [0.15, 0.2) is 0 Å². The van der Waals surface area contributed by atoms with Crippen LogP contribution in [0, 0.1) is 6.92 Å². The number of imidazole rings is 1. The molecule has 0 aromatic carbocycles. The van der Waals surface area contributed by atoms with E-state index in [0.29, 0.717) is 12.5 Å². The maximum atomic E-state index is 5.71. The largest absolute Gasteiger partial charge is 0.369 e. The Balaban J connectivity index is 2.22. The predicted octanol–water partition coefficient (Wildman–Crippen LogP) is 0.556. The number of nitrogens with zero attached hydrogens (tertiary/aromatic N) is 4. The minimum atomic E-state index is 0.535. The lowest BCUT2D eigenvalue weighted by Gasteiger charge is -2.00. The molecule has 0 fully saturated rings. The Morgan fingerprint density at radius 2 is 2.29 bits per heavy atom. The first-order chi connectivity index (χ1) is 6.65. The fourth-order valence-electron chi connectivity index (χ4n) is 1.41. The van der Waals surface area contributed by atoms with Crippen LogP contribution in [0.2, 0.25) is 0 Å². The van der Waals surface area contributed by atoms with E-state index in [9.17, 15) is 0 Å². The van der Waals surface area contributed by atoms with E-state index in [4.69, 9.17) is 5.73 Å². The van der Waals surface area contributed by atoms with Crippen LogP contribution < -0.4 is 5.73 Å². The van der Waals surface area contributed by atoms with Gasteiger partial charge in [0.2, 0.25) is 5.95 Å². The summed E-state index contributed by atoms with van der Waals surface area (Å²) in [7, 11) is 1.89. The van der Waals surface area contributed by atoms with Crippen molar-refractivity contribution in [3.05, 3.63) is 29.8 Å². The van der Waals surface area contributed by atoms with E-state index < -0.39 is 0 Å². The number of anilines is 1. The Kier molecular flexibility index (Phi) is 1.99. The molecule has 5 nitrogen and oxygen atoms in total. The van der Waals surface area contributed by atoms with Gasteiger partial charge in [0.1, 0.15) is 0 Å². The molecule has 0 amide bonds. The average molecular weight is 191 g/mol. The first-order valence-corrected chi connectivity index (χ1v) is 4.43. The Bertz CT molecular complexity index is 440. The summed E-state index contributed by atoms with van der Waals surface area (Å²) in [6, 6.07) is 1.97. The van der Waals surface area contributed by atoms with Crippen LogP contribution in [0.5, 0.6) is 0 Å². The highest BCUT2D eigenvalue weighted by atomic mass is 15.3. The molecule has 2 aromatic heterocycles. The van der Waals surface area contributed by atoms with E-state index in [1.54, 1.807) is 4.68 Å². The number of hydrogen-bond acceptors (Lipinski definition) is 3. The molecular weight excluding hydrogens is 178 g/mol. The van der Waals surface area contributed by atoms with Gasteiger partial charge in [-0.15, -0.1) is 0 Å². The molecule has 0 aliphatic rings. The molecule has 0 radical (unpaired) electrons. The summed E-state index contributed by atoms with van der Waals surface area (Å²) in [6.07, 6.45) is 3.83. The number of hydrogen-bond donors (Lipinski definition) is 1. The predicted molar refractivity (Wildman–Crippen MR) is 53.7 cm³/mol. The Morgan fingerprint density at radius 1 is 1.50 bits per heavy atom.